The van der Waals surface area contributed by atoms with Gasteiger partial charge in [-0.25, -0.2) is 0 Å². The molecule has 0 saturated carbocycles. The van der Waals surface area contributed by atoms with Gasteiger partial charge in [-0.05, 0) is 39.3 Å². The lowest BCUT2D eigenvalue weighted by Crippen LogP contribution is -2.48. The molecule has 0 aliphatic carbocycles. The van der Waals surface area contributed by atoms with Crippen LogP contribution in [0.2, 0.25) is 0 Å². The van der Waals surface area contributed by atoms with Crippen LogP contribution >= 0.6 is 0 Å². The van der Waals surface area contributed by atoms with E-state index in [2.05, 4.69) is 22.9 Å². The van der Waals surface area contributed by atoms with Crippen LogP contribution in [0.5, 0.6) is 0 Å². The SMILES string of the molecule is CCCC1(C(=O)NCCC(=O)NCC)CCNCC1. The van der Waals surface area contributed by atoms with Crippen LogP contribution < -0.4 is 16.0 Å². The van der Waals surface area contributed by atoms with Gasteiger partial charge in [0.15, 0.2) is 0 Å². The van der Waals surface area contributed by atoms with Crippen LogP contribution in [0.1, 0.15) is 46.0 Å². The normalized spacial score (nSPS) is 17.8. The summed E-state index contributed by atoms with van der Waals surface area (Å²) in [6, 6.07) is 0. The molecule has 1 rings (SSSR count). The zero-order valence-corrected chi connectivity index (χ0v) is 12.2. The first-order valence-corrected chi connectivity index (χ1v) is 7.40. The number of amides is 2. The van der Waals surface area contributed by atoms with Crippen molar-refractivity contribution in [2.45, 2.75) is 46.0 Å². The average Bonchev–Trinajstić information content (AvgIpc) is 2.40. The highest BCUT2D eigenvalue weighted by atomic mass is 16.2. The predicted octanol–water partition coefficient (Wildman–Crippen LogP) is 0.799. The third-order valence-electron chi connectivity index (χ3n) is 3.78. The average molecular weight is 269 g/mol. The van der Waals surface area contributed by atoms with Gasteiger partial charge in [0.1, 0.15) is 0 Å². The zero-order chi connectivity index (χ0) is 14.1. The largest absolute Gasteiger partial charge is 0.356 e. The van der Waals surface area contributed by atoms with Gasteiger partial charge < -0.3 is 16.0 Å². The Balaban J connectivity index is 2.42. The first-order chi connectivity index (χ1) is 9.14. The molecule has 0 aromatic carbocycles. The number of hydrogen-bond acceptors (Lipinski definition) is 3. The summed E-state index contributed by atoms with van der Waals surface area (Å²) >= 11 is 0. The van der Waals surface area contributed by atoms with Crippen molar-refractivity contribution in [1.29, 1.82) is 0 Å². The summed E-state index contributed by atoms with van der Waals surface area (Å²) in [5.41, 5.74) is -0.221. The number of piperidine rings is 1. The highest BCUT2D eigenvalue weighted by Gasteiger charge is 2.38. The standard InChI is InChI=1S/C14H27N3O2/c1-3-6-14(7-10-15-11-8-14)13(19)17-9-5-12(18)16-4-2/h15H,3-11H2,1-2H3,(H,16,18)(H,17,19). The van der Waals surface area contributed by atoms with E-state index in [9.17, 15) is 9.59 Å². The van der Waals surface area contributed by atoms with Crippen molar-refractivity contribution in [3.05, 3.63) is 0 Å². The summed E-state index contributed by atoms with van der Waals surface area (Å²) < 4.78 is 0. The van der Waals surface area contributed by atoms with Crippen molar-refractivity contribution in [2.24, 2.45) is 5.41 Å². The van der Waals surface area contributed by atoms with Gasteiger partial charge in [-0.1, -0.05) is 13.3 Å². The van der Waals surface area contributed by atoms with Crippen molar-refractivity contribution in [2.75, 3.05) is 26.2 Å². The second kappa shape index (κ2) is 8.15. The van der Waals surface area contributed by atoms with Crippen molar-refractivity contribution < 1.29 is 9.59 Å². The molecular formula is C14H27N3O2. The van der Waals surface area contributed by atoms with Crippen LogP contribution in [0, 0.1) is 5.41 Å². The lowest BCUT2D eigenvalue weighted by Gasteiger charge is -2.36. The van der Waals surface area contributed by atoms with Gasteiger partial charge in [0, 0.05) is 19.5 Å². The number of nitrogens with one attached hydrogen (secondary N) is 3. The molecule has 1 aliphatic heterocycles. The Hall–Kier alpha value is -1.10. The molecule has 110 valence electrons. The fraction of sp³-hybridized carbons (Fsp3) is 0.857. The predicted molar refractivity (Wildman–Crippen MR) is 75.8 cm³/mol. The summed E-state index contributed by atoms with van der Waals surface area (Å²) in [4.78, 5) is 23.7. The highest BCUT2D eigenvalue weighted by molar-refractivity contribution is 5.83. The molecule has 0 atom stereocenters. The van der Waals surface area contributed by atoms with E-state index in [1.54, 1.807) is 0 Å². The molecule has 0 aromatic rings. The molecule has 1 heterocycles. The molecule has 0 aromatic heterocycles. The van der Waals surface area contributed by atoms with Crippen LogP contribution in [0.4, 0.5) is 0 Å². The molecule has 1 fully saturated rings. The number of carbonyl (C=O) groups excluding carboxylic acids is 2. The zero-order valence-electron chi connectivity index (χ0n) is 12.2. The van der Waals surface area contributed by atoms with E-state index in [0.717, 1.165) is 38.8 Å². The Bertz CT molecular complexity index is 294. The highest BCUT2D eigenvalue weighted by Crippen LogP contribution is 2.34. The molecule has 0 spiro atoms. The maximum absolute atomic E-state index is 12.4. The summed E-state index contributed by atoms with van der Waals surface area (Å²) in [6.07, 6.45) is 4.10. The fourth-order valence-corrected chi connectivity index (χ4v) is 2.74. The Kier molecular flexibility index (Phi) is 6.84. The van der Waals surface area contributed by atoms with Gasteiger partial charge in [0.25, 0.3) is 0 Å². The Labute approximate surface area is 115 Å². The number of carbonyl (C=O) groups is 2. The van der Waals surface area contributed by atoms with Crippen LogP contribution in [-0.4, -0.2) is 38.0 Å². The molecule has 5 heteroatoms. The minimum absolute atomic E-state index is 0.00217. The number of hydrogen-bond donors (Lipinski definition) is 3. The van der Waals surface area contributed by atoms with Crippen LogP contribution in [0.25, 0.3) is 0 Å². The maximum Gasteiger partial charge on any atom is 0.226 e. The molecule has 3 N–H and O–H groups in total. The van der Waals surface area contributed by atoms with Crippen LogP contribution in [0.3, 0.4) is 0 Å². The van der Waals surface area contributed by atoms with Gasteiger partial charge >= 0.3 is 0 Å². The van der Waals surface area contributed by atoms with Crippen molar-refractivity contribution in [1.82, 2.24) is 16.0 Å². The Morgan fingerprint density at radius 1 is 1.16 bits per heavy atom. The molecule has 5 nitrogen and oxygen atoms in total. The van der Waals surface area contributed by atoms with Gasteiger partial charge in [-0.3, -0.25) is 9.59 Å². The van der Waals surface area contributed by atoms with Gasteiger partial charge in [0.2, 0.25) is 11.8 Å². The summed E-state index contributed by atoms with van der Waals surface area (Å²) in [5, 5.41) is 8.97. The third kappa shape index (κ3) is 4.82. The van der Waals surface area contributed by atoms with E-state index in [0.29, 0.717) is 19.5 Å². The fourth-order valence-electron chi connectivity index (χ4n) is 2.74. The van der Waals surface area contributed by atoms with E-state index >= 15 is 0 Å². The molecule has 1 saturated heterocycles. The Morgan fingerprint density at radius 3 is 2.42 bits per heavy atom. The van der Waals surface area contributed by atoms with E-state index < -0.39 is 0 Å². The molecular weight excluding hydrogens is 242 g/mol. The van der Waals surface area contributed by atoms with Crippen molar-refractivity contribution >= 4 is 11.8 Å². The quantitative estimate of drug-likeness (QED) is 0.640. The second-order valence-electron chi connectivity index (χ2n) is 5.24. The third-order valence-corrected chi connectivity index (χ3v) is 3.78. The van der Waals surface area contributed by atoms with Gasteiger partial charge in [-0.15, -0.1) is 0 Å². The van der Waals surface area contributed by atoms with Gasteiger partial charge in [-0.2, -0.15) is 0 Å². The number of rotatable bonds is 7. The second-order valence-corrected chi connectivity index (χ2v) is 5.24. The van der Waals surface area contributed by atoms with Crippen molar-refractivity contribution in [3.63, 3.8) is 0 Å². The molecule has 2 amide bonds. The Morgan fingerprint density at radius 2 is 1.84 bits per heavy atom. The van der Waals surface area contributed by atoms with E-state index in [1.807, 2.05) is 6.92 Å². The van der Waals surface area contributed by atoms with Crippen molar-refractivity contribution in [3.8, 4) is 0 Å². The smallest absolute Gasteiger partial charge is 0.226 e. The first kappa shape index (κ1) is 16.0. The molecule has 19 heavy (non-hydrogen) atoms. The molecule has 0 bridgehead atoms. The van der Waals surface area contributed by atoms with Gasteiger partial charge in [0.05, 0.1) is 5.41 Å². The van der Waals surface area contributed by atoms with E-state index in [4.69, 9.17) is 0 Å². The summed E-state index contributed by atoms with van der Waals surface area (Å²) in [7, 11) is 0. The maximum atomic E-state index is 12.4. The monoisotopic (exact) mass is 269 g/mol. The topological polar surface area (TPSA) is 70.2 Å². The summed E-state index contributed by atoms with van der Waals surface area (Å²) in [6.45, 7) is 6.89. The van der Waals surface area contributed by atoms with E-state index in [-0.39, 0.29) is 17.2 Å². The van der Waals surface area contributed by atoms with E-state index in [1.165, 1.54) is 0 Å². The lowest BCUT2D eigenvalue weighted by molar-refractivity contribution is -0.133. The van der Waals surface area contributed by atoms with Crippen LogP contribution in [-0.2, 0) is 9.59 Å². The molecule has 1 aliphatic rings. The first-order valence-electron chi connectivity index (χ1n) is 7.40. The minimum atomic E-state index is -0.221. The lowest BCUT2D eigenvalue weighted by atomic mass is 9.74. The minimum Gasteiger partial charge on any atom is -0.356 e. The summed E-state index contributed by atoms with van der Waals surface area (Å²) in [5.74, 6) is 0.123. The molecule has 0 unspecified atom stereocenters. The molecule has 0 radical (unpaired) electrons. The van der Waals surface area contributed by atoms with Crippen LogP contribution in [0.15, 0.2) is 0 Å².